The van der Waals surface area contributed by atoms with Gasteiger partial charge in [0.2, 0.25) is 5.91 Å². The number of piperidine rings is 1. The molecule has 1 fully saturated rings. The minimum absolute atomic E-state index is 0.0377. The molecule has 1 atom stereocenters. The minimum Gasteiger partial charge on any atom is -0.497 e. The number of carbonyl (C=O) groups excluding carboxylic acids is 3. The van der Waals surface area contributed by atoms with Crippen molar-refractivity contribution in [1.29, 1.82) is 0 Å². The summed E-state index contributed by atoms with van der Waals surface area (Å²) >= 11 is 0. The van der Waals surface area contributed by atoms with Crippen LogP contribution in [-0.2, 0) is 17.9 Å². The number of hydrogen-bond acceptors (Lipinski definition) is 11. The predicted octanol–water partition coefficient (Wildman–Crippen LogP) is 3.67. The Kier molecular flexibility index (Phi) is 13.7. The fourth-order valence-corrected chi connectivity index (χ4v) is 6.62. The summed E-state index contributed by atoms with van der Waals surface area (Å²) in [5, 5.41) is 29.3. The number of amides is 3. The Labute approximate surface area is 341 Å². The van der Waals surface area contributed by atoms with Crippen molar-refractivity contribution in [1.82, 2.24) is 35.3 Å². The molecule has 302 valence electrons. The van der Waals surface area contributed by atoms with Gasteiger partial charge in [-0.2, -0.15) is 5.10 Å². The van der Waals surface area contributed by atoms with E-state index in [0.717, 1.165) is 29.5 Å². The summed E-state index contributed by atoms with van der Waals surface area (Å²) in [4.78, 5) is 47.3. The molecule has 0 saturated carbocycles. The van der Waals surface area contributed by atoms with E-state index in [1.807, 2.05) is 28.9 Å². The number of methoxy groups -OCH3 is 2. The van der Waals surface area contributed by atoms with Crippen LogP contribution >= 0.6 is 0 Å². The lowest BCUT2D eigenvalue weighted by Gasteiger charge is -2.32. The van der Waals surface area contributed by atoms with Gasteiger partial charge in [0.25, 0.3) is 11.8 Å². The average molecular weight is 797 g/mol. The SMILES string of the molecule is C=CC(=O)N1CCC[C@@H](n2nc(-c3ccc(CNC(=O)c4cccc(OC)c4)cc3)c3c(N)ncnc32)C1.COc1cccc(C(=O)NCc2ccc(B(O)O)cc2)c1. The Morgan fingerprint density at radius 1 is 0.864 bits per heavy atom. The smallest absolute Gasteiger partial charge is 0.488 e. The summed E-state index contributed by atoms with van der Waals surface area (Å²) in [5.74, 6) is 1.14. The van der Waals surface area contributed by atoms with Crippen LogP contribution in [0.15, 0.2) is 116 Å². The lowest BCUT2D eigenvalue weighted by molar-refractivity contribution is -0.127. The number of anilines is 1. The molecule has 7 rings (SSSR count). The van der Waals surface area contributed by atoms with Gasteiger partial charge in [0, 0.05) is 42.9 Å². The summed E-state index contributed by atoms with van der Waals surface area (Å²) < 4.78 is 12.1. The van der Waals surface area contributed by atoms with Crippen molar-refractivity contribution >= 4 is 47.2 Å². The van der Waals surface area contributed by atoms with Crippen LogP contribution in [0.1, 0.15) is 50.7 Å². The maximum atomic E-state index is 12.6. The Morgan fingerprint density at radius 2 is 1.44 bits per heavy atom. The number of nitrogens with two attached hydrogens (primary N) is 1. The summed E-state index contributed by atoms with van der Waals surface area (Å²) in [6.45, 7) is 5.56. The predicted molar refractivity (Wildman–Crippen MR) is 225 cm³/mol. The van der Waals surface area contributed by atoms with Crippen LogP contribution in [0.25, 0.3) is 22.3 Å². The Bertz CT molecular complexity index is 2420. The molecule has 0 unspecified atom stereocenters. The van der Waals surface area contributed by atoms with E-state index in [1.165, 1.54) is 12.4 Å². The number of aromatic nitrogens is 4. The Hall–Kier alpha value is -7.04. The number of fused-ring (bicyclic) bond motifs is 1. The van der Waals surface area contributed by atoms with Crippen molar-refractivity contribution in [2.24, 2.45) is 0 Å². The molecule has 0 bridgehead atoms. The molecule has 4 aromatic carbocycles. The second-order valence-electron chi connectivity index (χ2n) is 13.7. The Morgan fingerprint density at radius 3 is 1.98 bits per heavy atom. The van der Waals surface area contributed by atoms with Gasteiger partial charge < -0.3 is 40.8 Å². The molecule has 1 aliphatic heterocycles. The van der Waals surface area contributed by atoms with E-state index < -0.39 is 7.12 Å². The second-order valence-corrected chi connectivity index (χ2v) is 13.7. The maximum absolute atomic E-state index is 12.6. The van der Waals surface area contributed by atoms with E-state index in [2.05, 4.69) is 27.2 Å². The van der Waals surface area contributed by atoms with Gasteiger partial charge in [-0.05, 0) is 71.9 Å². The zero-order valence-electron chi connectivity index (χ0n) is 32.7. The fourth-order valence-electron chi connectivity index (χ4n) is 6.62. The molecule has 0 radical (unpaired) electrons. The summed E-state index contributed by atoms with van der Waals surface area (Å²) in [5.41, 5.74) is 11.7. The molecule has 6 aromatic rings. The largest absolute Gasteiger partial charge is 0.497 e. The van der Waals surface area contributed by atoms with Crippen LogP contribution in [-0.4, -0.2) is 86.8 Å². The van der Waals surface area contributed by atoms with Gasteiger partial charge >= 0.3 is 7.12 Å². The van der Waals surface area contributed by atoms with Gasteiger partial charge in [0.1, 0.15) is 29.3 Å². The highest BCUT2D eigenvalue weighted by atomic mass is 16.5. The molecule has 59 heavy (non-hydrogen) atoms. The standard InChI is InChI=1S/C28H29N7O3.C15H16BNO4/c1-3-23(36)34-13-5-7-21(16-34)35-27-24(26(29)31-17-32-27)25(33-35)19-11-9-18(10-12-19)15-30-28(37)20-6-4-8-22(14-20)38-2;1-21-14-4-2-3-12(9-14)15(18)17-10-11-5-7-13(8-6-11)16(19)20/h3-4,6,8-12,14,17,21H,1,5,7,13,15-16H2,2H3,(H,30,37)(H2,29,31,32);2-9,19-20H,10H2,1H3,(H,17,18)/t21-;/m1./s1. The number of likely N-dealkylation sites (tertiary alicyclic amines) is 1. The molecule has 3 heterocycles. The van der Waals surface area contributed by atoms with Gasteiger partial charge in [0.15, 0.2) is 5.65 Å². The molecule has 0 spiro atoms. The number of nitrogen functional groups attached to an aromatic ring is 1. The highest BCUT2D eigenvalue weighted by Crippen LogP contribution is 2.34. The minimum atomic E-state index is -1.48. The first-order chi connectivity index (χ1) is 28.6. The fraction of sp³-hybridized carbons (Fsp3) is 0.209. The van der Waals surface area contributed by atoms with Crippen LogP contribution in [0.2, 0.25) is 0 Å². The van der Waals surface area contributed by atoms with Crippen molar-refractivity contribution in [3.8, 4) is 22.8 Å². The molecule has 2 aromatic heterocycles. The van der Waals surface area contributed by atoms with Crippen molar-refractivity contribution in [2.75, 3.05) is 33.0 Å². The number of hydrogen-bond donors (Lipinski definition) is 5. The first-order valence-corrected chi connectivity index (χ1v) is 18.9. The molecular weight excluding hydrogens is 751 g/mol. The molecule has 6 N–H and O–H groups in total. The summed E-state index contributed by atoms with van der Waals surface area (Å²) in [7, 11) is 1.64. The zero-order chi connectivity index (χ0) is 41.9. The van der Waals surface area contributed by atoms with Crippen LogP contribution < -0.4 is 31.3 Å². The summed E-state index contributed by atoms with van der Waals surface area (Å²) in [6, 6.07) is 28.4. The highest BCUT2D eigenvalue weighted by molar-refractivity contribution is 6.58. The van der Waals surface area contributed by atoms with Crippen molar-refractivity contribution < 1.29 is 33.9 Å². The third-order valence-corrected chi connectivity index (χ3v) is 9.82. The van der Waals surface area contributed by atoms with Crippen molar-refractivity contribution in [2.45, 2.75) is 32.0 Å². The number of nitrogens with one attached hydrogen (secondary N) is 2. The third-order valence-electron chi connectivity index (χ3n) is 9.82. The van der Waals surface area contributed by atoms with E-state index in [-0.39, 0.29) is 23.8 Å². The van der Waals surface area contributed by atoms with Gasteiger partial charge in [-0.1, -0.05) is 67.2 Å². The lowest BCUT2D eigenvalue weighted by atomic mass is 9.80. The molecule has 15 nitrogen and oxygen atoms in total. The van der Waals surface area contributed by atoms with Gasteiger partial charge in [-0.25, -0.2) is 14.6 Å². The molecule has 0 aliphatic carbocycles. The first-order valence-electron chi connectivity index (χ1n) is 18.9. The van der Waals surface area contributed by atoms with E-state index in [9.17, 15) is 14.4 Å². The highest BCUT2D eigenvalue weighted by Gasteiger charge is 2.28. The molecule has 16 heteroatoms. The number of carbonyl (C=O) groups is 3. The number of rotatable bonds is 12. The van der Waals surface area contributed by atoms with E-state index in [0.29, 0.717) is 76.8 Å². The van der Waals surface area contributed by atoms with E-state index in [1.54, 1.807) is 91.9 Å². The van der Waals surface area contributed by atoms with Crippen LogP contribution in [0.3, 0.4) is 0 Å². The molecule has 3 amide bonds. The normalized spacial score (nSPS) is 13.4. The van der Waals surface area contributed by atoms with Crippen LogP contribution in [0.4, 0.5) is 5.82 Å². The third kappa shape index (κ3) is 10.3. The molecule has 1 saturated heterocycles. The summed E-state index contributed by atoms with van der Waals surface area (Å²) in [6.07, 6.45) is 4.50. The van der Waals surface area contributed by atoms with E-state index in [4.69, 9.17) is 30.4 Å². The van der Waals surface area contributed by atoms with Crippen LogP contribution in [0, 0.1) is 0 Å². The van der Waals surface area contributed by atoms with Gasteiger partial charge in [-0.3, -0.25) is 14.4 Å². The monoisotopic (exact) mass is 796 g/mol. The number of benzene rings is 4. The topological polar surface area (TPSA) is 207 Å². The van der Waals surface area contributed by atoms with E-state index >= 15 is 0 Å². The van der Waals surface area contributed by atoms with Crippen molar-refractivity contribution in [3.63, 3.8) is 0 Å². The quantitative estimate of drug-likeness (QED) is 0.0893. The second kappa shape index (κ2) is 19.4. The average Bonchev–Trinajstić information content (AvgIpc) is 3.68. The lowest BCUT2D eigenvalue weighted by Crippen LogP contribution is -2.40. The Balaban J connectivity index is 0.000000236. The van der Waals surface area contributed by atoms with Gasteiger partial charge in [-0.15, -0.1) is 0 Å². The van der Waals surface area contributed by atoms with Gasteiger partial charge in [0.05, 0.1) is 25.6 Å². The maximum Gasteiger partial charge on any atom is 0.488 e. The molecular formula is C43H45BN8O7. The molecule has 1 aliphatic rings. The number of ether oxygens (including phenoxy) is 2. The number of nitrogens with zero attached hydrogens (tertiary/aromatic N) is 5. The van der Waals surface area contributed by atoms with Crippen LogP contribution in [0.5, 0.6) is 11.5 Å². The zero-order valence-corrected chi connectivity index (χ0v) is 32.7. The first kappa shape index (κ1) is 41.6. The van der Waals surface area contributed by atoms with Crippen molar-refractivity contribution in [3.05, 3.63) is 138 Å².